The van der Waals surface area contributed by atoms with Gasteiger partial charge in [0.05, 0.1) is 7.11 Å². The Balaban J connectivity index is 1.92. The van der Waals surface area contributed by atoms with Gasteiger partial charge in [-0.05, 0) is 50.8 Å². The molecular formula is C21H29NO2. The van der Waals surface area contributed by atoms with Crippen LogP contribution in [0.2, 0.25) is 0 Å². The van der Waals surface area contributed by atoms with Crippen LogP contribution in [0.4, 0.5) is 0 Å². The number of carbonyl (C=O) groups excluding carboxylic acids is 1. The molecule has 0 unspecified atom stereocenters. The molecule has 0 saturated heterocycles. The summed E-state index contributed by atoms with van der Waals surface area (Å²) < 4.78 is 5.38. The number of fused-ring (bicyclic) bond motifs is 1. The molecule has 3 nitrogen and oxygen atoms in total. The molecule has 1 heterocycles. The molecule has 0 spiro atoms. The predicted molar refractivity (Wildman–Crippen MR) is 98.1 cm³/mol. The Labute approximate surface area is 145 Å². The normalized spacial score (nSPS) is 22.4. The fraction of sp³-hybridized carbons (Fsp3) is 0.571. The Hall–Kier alpha value is -1.77. The second-order valence-corrected chi connectivity index (χ2v) is 7.86. The molecule has 3 heteroatoms. The van der Waals surface area contributed by atoms with Gasteiger partial charge in [-0.3, -0.25) is 4.79 Å². The van der Waals surface area contributed by atoms with Gasteiger partial charge in [-0.1, -0.05) is 31.7 Å². The summed E-state index contributed by atoms with van der Waals surface area (Å²) in [5.41, 5.74) is 3.29. The van der Waals surface area contributed by atoms with Gasteiger partial charge >= 0.3 is 0 Å². The van der Waals surface area contributed by atoms with Crippen LogP contribution in [0.3, 0.4) is 0 Å². The molecule has 0 bridgehead atoms. The van der Waals surface area contributed by atoms with Crippen LogP contribution in [-0.4, -0.2) is 18.4 Å². The van der Waals surface area contributed by atoms with Gasteiger partial charge < -0.3 is 10.1 Å². The number of hydrogen-bond acceptors (Lipinski definition) is 3. The summed E-state index contributed by atoms with van der Waals surface area (Å²) >= 11 is 0. The molecular weight excluding hydrogens is 298 g/mol. The van der Waals surface area contributed by atoms with Crippen molar-refractivity contribution in [3.05, 3.63) is 35.4 Å². The molecule has 1 aliphatic carbocycles. The molecule has 2 aliphatic rings. The summed E-state index contributed by atoms with van der Waals surface area (Å²) in [6, 6.07) is 6.18. The van der Waals surface area contributed by atoms with E-state index in [2.05, 4.69) is 25.2 Å². The van der Waals surface area contributed by atoms with Crippen LogP contribution in [-0.2, 0) is 11.2 Å². The molecule has 1 aromatic carbocycles. The highest BCUT2D eigenvalue weighted by atomic mass is 16.5. The molecule has 1 fully saturated rings. The summed E-state index contributed by atoms with van der Waals surface area (Å²) in [5.74, 6) is 1.31. The molecule has 3 rings (SSSR count). The Kier molecular flexibility index (Phi) is 4.98. The standard InChI is InChI=1S/C21H29NO2/c1-21(2)14-16-10-11-17(24-3)12-18(16)19(22-21)13-20(23)15-8-6-4-5-7-9-15/h10-13,15,22H,4-9,14H2,1-3H3. The first kappa shape index (κ1) is 17.1. The van der Waals surface area contributed by atoms with Gasteiger partial charge in [0.2, 0.25) is 0 Å². The first-order chi connectivity index (χ1) is 11.5. The van der Waals surface area contributed by atoms with Crippen LogP contribution < -0.4 is 10.1 Å². The second kappa shape index (κ2) is 7.00. The molecule has 0 amide bonds. The maximum absolute atomic E-state index is 12.8. The van der Waals surface area contributed by atoms with E-state index in [1.54, 1.807) is 7.11 Å². The minimum absolute atomic E-state index is 0.0445. The van der Waals surface area contributed by atoms with Gasteiger partial charge in [0, 0.05) is 28.8 Å². The van der Waals surface area contributed by atoms with Gasteiger partial charge in [-0.2, -0.15) is 0 Å². The van der Waals surface area contributed by atoms with Crippen molar-refractivity contribution in [2.75, 3.05) is 7.11 Å². The Morgan fingerprint density at radius 2 is 1.92 bits per heavy atom. The highest BCUT2D eigenvalue weighted by Crippen LogP contribution is 2.33. The Morgan fingerprint density at radius 1 is 1.21 bits per heavy atom. The second-order valence-electron chi connectivity index (χ2n) is 7.86. The number of nitrogens with one attached hydrogen (secondary N) is 1. The third-order valence-corrected chi connectivity index (χ3v) is 5.26. The van der Waals surface area contributed by atoms with Crippen LogP contribution in [0.5, 0.6) is 5.75 Å². The number of ether oxygens (including phenoxy) is 1. The molecule has 0 radical (unpaired) electrons. The van der Waals surface area contributed by atoms with Crippen LogP contribution in [0.25, 0.3) is 5.70 Å². The zero-order chi connectivity index (χ0) is 17.2. The average molecular weight is 327 g/mol. The number of benzene rings is 1. The van der Waals surface area contributed by atoms with Crippen molar-refractivity contribution in [1.82, 2.24) is 5.32 Å². The van der Waals surface area contributed by atoms with Gasteiger partial charge in [0.1, 0.15) is 5.75 Å². The average Bonchev–Trinajstić information content (AvgIpc) is 2.83. The topological polar surface area (TPSA) is 38.3 Å². The zero-order valence-corrected chi connectivity index (χ0v) is 15.2. The van der Waals surface area contributed by atoms with E-state index in [4.69, 9.17) is 4.74 Å². The Morgan fingerprint density at radius 3 is 2.58 bits per heavy atom. The lowest BCUT2D eigenvalue weighted by Crippen LogP contribution is -2.44. The number of carbonyl (C=O) groups is 1. The number of ketones is 1. The smallest absolute Gasteiger partial charge is 0.160 e. The van der Waals surface area contributed by atoms with Crippen molar-refractivity contribution in [3.8, 4) is 5.75 Å². The predicted octanol–water partition coefficient (Wildman–Crippen LogP) is 4.50. The first-order valence-corrected chi connectivity index (χ1v) is 9.19. The molecule has 24 heavy (non-hydrogen) atoms. The molecule has 0 aromatic heterocycles. The molecule has 1 saturated carbocycles. The lowest BCUT2D eigenvalue weighted by atomic mass is 9.84. The van der Waals surface area contributed by atoms with Gasteiger partial charge in [0.15, 0.2) is 5.78 Å². The van der Waals surface area contributed by atoms with E-state index in [0.29, 0.717) is 0 Å². The molecule has 0 atom stereocenters. The minimum Gasteiger partial charge on any atom is -0.497 e. The van der Waals surface area contributed by atoms with E-state index in [1.807, 2.05) is 18.2 Å². The van der Waals surface area contributed by atoms with E-state index >= 15 is 0 Å². The number of methoxy groups -OCH3 is 1. The lowest BCUT2D eigenvalue weighted by Gasteiger charge is -2.36. The number of rotatable bonds is 3. The molecule has 1 aliphatic heterocycles. The quantitative estimate of drug-likeness (QED) is 0.656. The van der Waals surface area contributed by atoms with E-state index in [-0.39, 0.29) is 17.2 Å². The van der Waals surface area contributed by atoms with E-state index in [9.17, 15) is 4.79 Å². The van der Waals surface area contributed by atoms with Crippen molar-refractivity contribution < 1.29 is 9.53 Å². The lowest BCUT2D eigenvalue weighted by molar-refractivity contribution is -0.118. The summed E-state index contributed by atoms with van der Waals surface area (Å²) in [6.07, 6.45) is 9.79. The van der Waals surface area contributed by atoms with Gasteiger partial charge in [0.25, 0.3) is 0 Å². The van der Waals surface area contributed by atoms with E-state index in [0.717, 1.165) is 36.3 Å². The first-order valence-electron chi connectivity index (χ1n) is 9.19. The van der Waals surface area contributed by atoms with E-state index < -0.39 is 0 Å². The summed E-state index contributed by atoms with van der Waals surface area (Å²) in [7, 11) is 1.68. The van der Waals surface area contributed by atoms with Gasteiger partial charge in [-0.15, -0.1) is 0 Å². The third-order valence-electron chi connectivity index (χ3n) is 5.26. The fourth-order valence-electron chi connectivity index (χ4n) is 3.98. The summed E-state index contributed by atoms with van der Waals surface area (Å²) in [5, 5.41) is 3.57. The highest BCUT2D eigenvalue weighted by Gasteiger charge is 2.29. The van der Waals surface area contributed by atoms with Crippen LogP contribution in [0, 0.1) is 5.92 Å². The van der Waals surface area contributed by atoms with Crippen molar-refractivity contribution in [2.24, 2.45) is 5.92 Å². The summed E-state index contributed by atoms with van der Waals surface area (Å²) in [4.78, 5) is 12.8. The van der Waals surface area contributed by atoms with Gasteiger partial charge in [-0.25, -0.2) is 0 Å². The third kappa shape index (κ3) is 3.82. The van der Waals surface area contributed by atoms with Crippen LogP contribution in [0.15, 0.2) is 24.3 Å². The van der Waals surface area contributed by atoms with Crippen molar-refractivity contribution >= 4 is 11.5 Å². The van der Waals surface area contributed by atoms with Crippen LogP contribution >= 0.6 is 0 Å². The number of allylic oxidation sites excluding steroid dienone is 1. The SMILES string of the molecule is COc1ccc2c(c1)C(=CC(=O)C1CCCCCC1)NC(C)(C)C2. The minimum atomic E-state index is -0.0445. The molecule has 1 N–H and O–H groups in total. The van der Waals surface area contributed by atoms with Crippen molar-refractivity contribution in [3.63, 3.8) is 0 Å². The summed E-state index contributed by atoms with van der Waals surface area (Å²) in [6.45, 7) is 4.37. The monoisotopic (exact) mass is 327 g/mol. The van der Waals surface area contributed by atoms with Crippen LogP contribution in [0.1, 0.15) is 63.5 Å². The zero-order valence-electron chi connectivity index (χ0n) is 15.2. The maximum atomic E-state index is 12.8. The van der Waals surface area contributed by atoms with Crippen molar-refractivity contribution in [1.29, 1.82) is 0 Å². The molecule has 130 valence electrons. The molecule has 1 aromatic rings. The Bertz CT molecular complexity index is 637. The maximum Gasteiger partial charge on any atom is 0.160 e. The number of hydrogen-bond donors (Lipinski definition) is 1. The fourth-order valence-corrected chi connectivity index (χ4v) is 3.98. The van der Waals surface area contributed by atoms with E-state index in [1.165, 1.54) is 31.2 Å². The highest BCUT2D eigenvalue weighted by molar-refractivity contribution is 5.98. The largest absolute Gasteiger partial charge is 0.497 e. The van der Waals surface area contributed by atoms with Crippen molar-refractivity contribution in [2.45, 2.75) is 64.3 Å².